The van der Waals surface area contributed by atoms with Crippen LogP contribution in [-0.2, 0) is 15.1 Å². The first-order valence-corrected chi connectivity index (χ1v) is 9.03. The normalized spacial score (nSPS) is 23.5. The highest BCUT2D eigenvalue weighted by atomic mass is 35.5. The molecule has 4 N–H and O–H groups in total. The minimum Gasteiger partial charge on any atom is -0.497 e. The lowest BCUT2D eigenvalue weighted by molar-refractivity contribution is -0.135. The van der Waals surface area contributed by atoms with Gasteiger partial charge >= 0.3 is 6.03 Å². The van der Waals surface area contributed by atoms with Gasteiger partial charge in [0.25, 0.3) is 5.91 Å². The highest BCUT2D eigenvalue weighted by molar-refractivity contribution is 6.09. The summed E-state index contributed by atoms with van der Waals surface area (Å²) in [5.74, 6) is 0.140. The fourth-order valence-corrected chi connectivity index (χ4v) is 3.50. The number of benzene rings is 1. The number of rotatable bonds is 7. The summed E-state index contributed by atoms with van der Waals surface area (Å²) < 4.78 is 5.12. The van der Waals surface area contributed by atoms with Crippen LogP contribution in [0.4, 0.5) is 4.79 Å². The van der Waals surface area contributed by atoms with Crippen molar-refractivity contribution in [2.45, 2.75) is 37.8 Å². The maximum atomic E-state index is 12.9. The van der Waals surface area contributed by atoms with Gasteiger partial charge in [0.15, 0.2) is 0 Å². The van der Waals surface area contributed by atoms with Gasteiger partial charge in [0.1, 0.15) is 17.8 Å². The number of carbonyl (C=O) groups excluding carboxylic acids is 3. The molecule has 1 aromatic carbocycles. The standard InChI is InChI=1S/C19H26N4O4.ClH/c1-18(11-20,12-4-5-12)21-15(24)10-23-16(25)19(2,22-17(23)26)13-6-8-14(27-3)9-7-13;/h6-9,12H,4-5,10-11,20H2,1-3H3,(H,21,24)(H,22,26);1H. The lowest BCUT2D eigenvalue weighted by Gasteiger charge is -2.30. The molecule has 0 aromatic heterocycles. The Balaban J connectivity index is 0.00000280. The first kappa shape index (κ1) is 22.0. The third-order valence-corrected chi connectivity index (χ3v) is 5.57. The van der Waals surface area contributed by atoms with Crippen LogP contribution < -0.4 is 21.1 Å². The Hall–Kier alpha value is -2.32. The van der Waals surface area contributed by atoms with E-state index in [1.165, 1.54) is 0 Å². The van der Waals surface area contributed by atoms with Crippen LogP contribution in [0.15, 0.2) is 24.3 Å². The van der Waals surface area contributed by atoms with Crippen LogP contribution in [0, 0.1) is 5.92 Å². The van der Waals surface area contributed by atoms with Crippen molar-refractivity contribution < 1.29 is 19.1 Å². The SMILES string of the molecule is COc1ccc(C2(C)NC(=O)N(CC(=O)NC(C)(CN)C3CC3)C2=O)cc1.Cl. The van der Waals surface area contributed by atoms with Crippen LogP contribution >= 0.6 is 12.4 Å². The predicted octanol–water partition coefficient (Wildman–Crippen LogP) is 1.13. The van der Waals surface area contributed by atoms with Gasteiger partial charge in [-0.1, -0.05) is 12.1 Å². The van der Waals surface area contributed by atoms with Crippen molar-refractivity contribution in [2.75, 3.05) is 20.2 Å². The molecule has 1 aliphatic carbocycles. The van der Waals surface area contributed by atoms with Crippen molar-refractivity contribution in [3.05, 3.63) is 29.8 Å². The third kappa shape index (κ3) is 3.93. The number of ether oxygens (including phenoxy) is 1. The highest BCUT2D eigenvalue weighted by Crippen LogP contribution is 2.39. The minimum atomic E-state index is -1.22. The number of carbonyl (C=O) groups is 3. The quantitative estimate of drug-likeness (QED) is 0.583. The summed E-state index contributed by atoms with van der Waals surface area (Å²) >= 11 is 0. The van der Waals surface area contributed by atoms with Gasteiger partial charge in [-0.3, -0.25) is 14.5 Å². The number of nitrogens with zero attached hydrogens (tertiary/aromatic N) is 1. The first-order chi connectivity index (χ1) is 12.7. The number of amides is 4. The summed E-state index contributed by atoms with van der Waals surface area (Å²) in [6.07, 6.45) is 2.04. The molecule has 154 valence electrons. The summed E-state index contributed by atoms with van der Waals surface area (Å²) in [6, 6.07) is 6.29. The van der Waals surface area contributed by atoms with Crippen molar-refractivity contribution in [1.29, 1.82) is 0 Å². The molecule has 0 spiro atoms. The van der Waals surface area contributed by atoms with E-state index in [1.54, 1.807) is 38.3 Å². The molecule has 2 atom stereocenters. The molecule has 1 aliphatic heterocycles. The third-order valence-electron chi connectivity index (χ3n) is 5.57. The average Bonchev–Trinajstić information content (AvgIpc) is 3.48. The molecular weight excluding hydrogens is 384 g/mol. The largest absolute Gasteiger partial charge is 0.497 e. The summed E-state index contributed by atoms with van der Waals surface area (Å²) in [5, 5.41) is 5.59. The predicted molar refractivity (Wildman–Crippen MR) is 106 cm³/mol. The number of nitrogens with two attached hydrogens (primary N) is 1. The Kier molecular flexibility index (Phi) is 6.25. The second kappa shape index (κ2) is 7.97. The van der Waals surface area contributed by atoms with E-state index in [2.05, 4.69) is 10.6 Å². The van der Waals surface area contributed by atoms with E-state index in [4.69, 9.17) is 10.5 Å². The average molecular weight is 411 g/mol. The van der Waals surface area contributed by atoms with E-state index in [0.717, 1.165) is 17.7 Å². The Morgan fingerprint density at radius 1 is 1.36 bits per heavy atom. The smallest absolute Gasteiger partial charge is 0.325 e. The first-order valence-electron chi connectivity index (χ1n) is 9.03. The van der Waals surface area contributed by atoms with E-state index in [1.807, 2.05) is 6.92 Å². The number of imide groups is 1. The van der Waals surface area contributed by atoms with Crippen molar-refractivity contribution in [3.8, 4) is 5.75 Å². The topological polar surface area (TPSA) is 114 Å². The monoisotopic (exact) mass is 410 g/mol. The zero-order chi connectivity index (χ0) is 19.8. The van der Waals surface area contributed by atoms with Gasteiger partial charge in [-0.05, 0) is 50.3 Å². The molecule has 2 fully saturated rings. The van der Waals surface area contributed by atoms with Gasteiger partial charge < -0.3 is 21.1 Å². The number of halogens is 1. The maximum absolute atomic E-state index is 12.9. The molecular formula is C19H27ClN4O4. The Morgan fingerprint density at radius 2 is 1.96 bits per heavy atom. The number of hydrogen-bond donors (Lipinski definition) is 3. The van der Waals surface area contributed by atoms with Gasteiger partial charge in [0.2, 0.25) is 5.91 Å². The van der Waals surface area contributed by atoms with Crippen molar-refractivity contribution in [1.82, 2.24) is 15.5 Å². The van der Waals surface area contributed by atoms with Crippen LogP contribution in [0.5, 0.6) is 5.75 Å². The highest BCUT2D eigenvalue weighted by Gasteiger charge is 2.50. The van der Waals surface area contributed by atoms with Crippen molar-refractivity contribution in [3.63, 3.8) is 0 Å². The molecule has 1 aromatic rings. The lowest BCUT2D eigenvalue weighted by Crippen LogP contribution is -2.55. The molecule has 0 bridgehead atoms. The van der Waals surface area contributed by atoms with Crippen LogP contribution in [0.3, 0.4) is 0 Å². The maximum Gasteiger partial charge on any atom is 0.325 e. The minimum absolute atomic E-state index is 0. The molecule has 4 amide bonds. The van der Waals surface area contributed by atoms with Crippen molar-refractivity contribution >= 4 is 30.3 Å². The molecule has 3 rings (SSSR count). The number of nitrogens with one attached hydrogen (secondary N) is 2. The Morgan fingerprint density at radius 3 is 2.46 bits per heavy atom. The molecule has 2 unspecified atom stereocenters. The fourth-order valence-electron chi connectivity index (χ4n) is 3.50. The van der Waals surface area contributed by atoms with E-state index < -0.39 is 28.9 Å². The van der Waals surface area contributed by atoms with E-state index >= 15 is 0 Å². The second-order valence-corrected chi connectivity index (χ2v) is 7.62. The van der Waals surface area contributed by atoms with Gasteiger partial charge in [-0.15, -0.1) is 12.4 Å². The van der Waals surface area contributed by atoms with E-state index in [0.29, 0.717) is 23.8 Å². The summed E-state index contributed by atoms with van der Waals surface area (Å²) in [5.41, 5.74) is 4.71. The summed E-state index contributed by atoms with van der Waals surface area (Å²) in [7, 11) is 1.55. The number of urea groups is 1. The fraction of sp³-hybridized carbons (Fsp3) is 0.526. The summed E-state index contributed by atoms with van der Waals surface area (Å²) in [6.45, 7) is 3.50. The lowest BCUT2D eigenvalue weighted by atomic mass is 9.92. The van der Waals surface area contributed by atoms with Gasteiger partial charge in [-0.25, -0.2) is 4.79 Å². The van der Waals surface area contributed by atoms with Gasteiger partial charge in [-0.2, -0.15) is 0 Å². The van der Waals surface area contributed by atoms with Crippen LogP contribution in [-0.4, -0.2) is 48.5 Å². The molecule has 28 heavy (non-hydrogen) atoms. The Bertz CT molecular complexity index is 768. The number of hydrogen-bond acceptors (Lipinski definition) is 5. The second-order valence-electron chi connectivity index (χ2n) is 7.62. The molecule has 9 heteroatoms. The van der Waals surface area contributed by atoms with E-state index in [-0.39, 0.29) is 19.0 Å². The molecule has 8 nitrogen and oxygen atoms in total. The zero-order valence-corrected chi connectivity index (χ0v) is 17.1. The van der Waals surface area contributed by atoms with Crippen LogP contribution in [0.2, 0.25) is 0 Å². The molecule has 2 aliphatic rings. The molecule has 1 saturated heterocycles. The molecule has 0 radical (unpaired) electrons. The van der Waals surface area contributed by atoms with Crippen molar-refractivity contribution in [2.24, 2.45) is 11.7 Å². The van der Waals surface area contributed by atoms with E-state index in [9.17, 15) is 14.4 Å². The van der Waals surface area contributed by atoms with Gasteiger partial charge in [0, 0.05) is 6.54 Å². The summed E-state index contributed by atoms with van der Waals surface area (Å²) in [4.78, 5) is 38.7. The molecule has 1 saturated carbocycles. The van der Waals surface area contributed by atoms with Gasteiger partial charge in [0.05, 0.1) is 12.6 Å². The van der Waals surface area contributed by atoms with Crippen LogP contribution in [0.25, 0.3) is 0 Å². The zero-order valence-electron chi connectivity index (χ0n) is 16.3. The number of methoxy groups -OCH3 is 1. The van der Waals surface area contributed by atoms with Crippen LogP contribution in [0.1, 0.15) is 32.3 Å². The molecule has 1 heterocycles. The Labute approximate surface area is 170 Å².